The maximum absolute atomic E-state index is 12.7. The van der Waals surface area contributed by atoms with Crippen molar-refractivity contribution >= 4 is 17.6 Å². The largest absolute Gasteiger partial charge is 0.452 e. The Kier molecular flexibility index (Phi) is 2.53. The number of amides is 1. The van der Waals surface area contributed by atoms with E-state index >= 15 is 0 Å². The Morgan fingerprint density at radius 2 is 1.94 bits per heavy atom. The number of hydrogen-bond acceptors (Lipinski definition) is 3. The third kappa shape index (κ3) is 1.84. The lowest BCUT2D eigenvalue weighted by Crippen LogP contribution is -2.41. The number of carbonyl (C=O) groups is 2. The van der Waals surface area contributed by atoms with E-state index < -0.39 is 23.1 Å². The van der Waals surface area contributed by atoms with E-state index in [2.05, 4.69) is 4.99 Å². The molecule has 0 N–H and O–H groups in total. The Hall–Kier alpha value is -2.04. The Bertz CT molecular complexity index is 521. The van der Waals surface area contributed by atoms with Gasteiger partial charge in [0.1, 0.15) is 5.82 Å². The molecular formula is C12H10FNO3. The van der Waals surface area contributed by atoms with Gasteiger partial charge in [0, 0.05) is 5.56 Å². The summed E-state index contributed by atoms with van der Waals surface area (Å²) < 4.78 is 18.0. The van der Waals surface area contributed by atoms with Crippen LogP contribution in [0.1, 0.15) is 19.4 Å². The summed E-state index contributed by atoms with van der Waals surface area (Å²) in [5.74, 6) is -1.40. The number of aliphatic imine (C=N–C) groups is 1. The molecule has 0 radical (unpaired) electrons. The molecule has 1 aromatic carbocycles. The average molecular weight is 235 g/mol. The van der Waals surface area contributed by atoms with Gasteiger partial charge in [-0.1, -0.05) is 0 Å². The molecule has 1 aliphatic heterocycles. The molecule has 0 spiro atoms. The Labute approximate surface area is 97.1 Å². The molecule has 0 aliphatic carbocycles. The number of benzene rings is 1. The maximum Gasteiger partial charge on any atom is 0.300 e. The molecule has 1 atom stereocenters. The van der Waals surface area contributed by atoms with Crippen molar-refractivity contribution in [1.82, 2.24) is 0 Å². The van der Waals surface area contributed by atoms with Gasteiger partial charge in [0.05, 0.1) is 0 Å². The lowest BCUT2D eigenvalue weighted by Gasteiger charge is -2.17. The van der Waals surface area contributed by atoms with Gasteiger partial charge in [-0.2, -0.15) is 4.99 Å². The van der Waals surface area contributed by atoms with E-state index in [4.69, 9.17) is 4.74 Å². The minimum absolute atomic E-state index is 0.0488. The molecule has 1 unspecified atom stereocenters. The highest BCUT2D eigenvalue weighted by Gasteiger charge is 2.46. The number of rotatable bonds is 2. The van der Waals surface area contributed by atoms with Gasteiger partial charge in [-0.05, 0) is 38.1 Å². The smallest absolute Gasteiger partial charge is 0.300 e. The predicted molar refractivity (Wildman–Crippen MR) is 58.1 cm³/mol. The van der Waals surface area contributed by atoms with Crippen LogP contribution in [0.3, 0.4) is 0 Å². The zero-order chi connectivity index (χ0) is 12.6. The highest BCUT2D eigenvalue weighted by Crippen LogP contribution is 2.24. The summed E-state index contributed by atoms with van der Waals surface area (Å²) in [6, 6.07) is 5.34. The van der Waals surface area contributed by atoms with Crippen LogP contribution < -0.4 is 0 Å². The van der Waals surface area contributed by atoms with E-state index in [1.165, 1.54) is 38.1 Å². The van der Waals surface area contributed by atoms with Crippen molar-refractivity contribution in [2.45, 2.75) is 19.4 Å². The number of nitrogens with zero attached hydrogens (tertiary/aromatic N) is 1. The lowest BCUT2D eigenvalue weighted by molar-refractivity contribution is -0.142. The van der Waals surface area contributed by atoms with Crippen molar-refractivity contribution in [2.24, 2.45) is 4.99 Å². The van der Waals surface area contributed by atoms with E-state index in [0.29, 0.717) is 5.56 Å². The van der Waals surface area contributed by atoms with Gasteiger partial charge in [-0.3, -0.25) is 9.59 Å². The highest BCUT2D eigenvalue weighted by atomic mass is 19.1. The molecule has 2 rings (SSSR count). The van der Waals surface area contributed by atoms with Crippen molar-refractivity contribution in [3.63, 3.8) is 0 Å². The summed E-state index contributed by atoms with van der Waals surface area (Å²) in [6.45, 7) is 2.64. The van der Waals surface area contributed by atoms with Gasteiger partial charge in [0.2, 0.25) is 11.5 Å². The van der Waals surface area contributed by atoms with Crippen LogP contribution >= 0.6 is 0 Å². The van der Waals surface area contributed by atoms with Crippen LogP contribution in [0.15, 0.2) is 29.3 Å². The van der Waals surface area contributed by atoms with Crippen molar-refractivity contribution in [3.05, 3.63) is 35.6 Å². The molecule has 17 heavy (non-hydrogen) atoms. The topological polar surface area (TPSA) is 55.7 Å². The normalized spacial score (nSPS) is 23.2. The van der Waals surface area contributed by atoms with E-state index in [1.54, 1.807) is 0 Å². The minimum atomic E-state index is -1.55. The zero-order valence-corrected chi connectivity index (χ0v) is 9.36. The second-order valence-corrected chi connectivity index (χ2v) is 3.92. The number of ketones is 1. The van der Waals surface area contributed by atoms with Gasteiger partial charge in [-0.15, -0.1) is 0 Å². The molecule has 1 aliphatic rings. The standard InChI is InChI=1S/C12H10FNO3/c1-7(15)12(2)11(16)14-10(17-12)8-3-5-9(13)6-4-8/h3-6H,1-2H3. The summed E-state index contributed by atoms with van der Waals surface area (Å²) in [7, 11) is 0. The maximum atomic E-state index is 12.7. The van der Waals surface area contributed by atoms with Crippen LogP contribution in [0.2, 0.25) is 0 Å². The molecule has 1 aromatic rings. The molecule has 0 aromatic heterocycles. The molecule has 0 bridgehead atoms. The minimum Gasteiger partial charge on any atom is -0.452 e. The van der Waals surface area contributed by atoms with Gasteiger partial charge in [0.15, 0.2) is 5.78 Å². The Balaban J connectivity index is 2.33. The fourth-order valence-corrected chi connectivity index (χ4v) is 1.40. The quantitative estimate of drug-likeness (QED) is 0.729. The van der Waals surface area contributed by atoms with E-state index in [1.807, 2.05) is 0 Å². The van der Waals surface area contributed by atoms with Crippen molar-refractivity contribution in [3.8, 4) is 0 Å². The van der Waals surface area contributed by atoms with Gasteiger partial charge in [0.25, 0.3) is 0 Å². The highest BCUT2D eigenvalue weighted by molar-refractivity contribution is 6.18. The number of carbonyl (C=O) groups excluding carboxylic acids is 2. The molecule has 5 heteroatoms. The SMILES string of the molecule is CC(=O)C1(C)OC(c2ccc(F)cc2)=NC1=O. The fraction of sp³-hybridized carbons (Fsp3) is 0.250. The second kappa shape index (κ2) is 3.76. The average Bonchev–Trinajstić information content (AvgIpc) is 2.58. The number of ether oxygens (including phenoxy) is 1. The summed E-state index contributed by atoms with van der Waals surface area (Å²) in [4.78, 5) is 26.6. The van der Waals surface area contributed by atoms with Crippen LogP contribution in [0, 0.1) is 5.82 Å². The van der Waals surface area contributed by atoms with Crippen LogP contribution in [0.5, 0.6) is 0 Å². The third-order valence-corrected chi connectivity index (χ3v) is 2.67. The summed E-state index contributed by atoms with van der Waals surface area (Å²) in [5, 5.41) is 0. The molecule has 0 saturated carbocycles. The Morgan fingerprint density at radius 3 is 2.41 bits per heavy atom. The fourth-order valence-electron chi connectivity index (χ4n) is 1.40. The monoisotopic (exact) mass is 235 g/mol. The van der Waals surface area contributed by atoms with E-state index in [0.717, 1.165) is 0 Å². The van der Waals surface area contributed by atoms with Crippen molar-refractivity contribution in [1.29, 1.82) is 0 Å². The molecule has 1 heterocycles. The van der Waals surface area contributed by atoms with Crippen LogP contribution in [0.4, 0.5) is 4.39 Å². The van der Waals surface area contributed by atoms with Crippen LogP contribution in [0.25, 0.3) is 0 Å². The molecule has 88 valence electrons. The lowest BCUT2D eigenvalue weighted by atomic mass is 10.0. The summed E-state index contributed by atoms with van der Waals surface area (Å²) >= 11 is 0. The first-order valence-electron chi connectivity index (χ1n) is 5.02. The molecule has 0 fully saturated rings. The van der Waals surface area contributed by atoms with Gasteiger partial charge < -0.3 is 4.74 Å². The van der Waals surface area contributed by atoms with E-state index in [-0.39, 0.29) is 5.90 Å². The van der Waals surface area contributed by atoms with Gasteiger partial charge >= 0.3 is 5.91 Å². The molecule has 4 nitrogen and oxygen atoms in total. The summed E-state index contributed by atoms with van der Waals surface area (Å²) in [6.07, 6.45) is 0. The van der Waals surface area contributed by atoms with E-state index in [9.17, 15) is 14.0 Å². The third-order valence-electron chi connectivity index (χ3n) is 2.67. The van der Waals surface area contributed by atoms with Crippen LogP contribution in [-0.4, -0.2) is 23.2 Å². The number of halogens is 1. The summed E-state index contributed by atoms with van der Waals surface area (Å²) in [5.41, 5.74) is -1.09. The van der Waals surface area contributed by atoms with Crippen molar-refractivity contribution in [2.75, 3.05) is 0 Å². The predicted octanol–water partition coefficient (Wildman–Crippen LogP) is 1.48. The second-order valence-electron chi connectivity index (χ2n) is 3.92. The molecule has 1 amide bonds. The zero-order valence-electron chi connectivity index (χ0n) is 9.36. The molecule has 0 saturated heterocycles. The Morgan fingerprint density at radius 1 is 1.35 bits per heavy atom. The number of Topliss-reactive ketones (excluding diaryl/α,β-unsaturated/α-hetero) is 1. The first kappa shape index (κ1) is 11.4. The molecular weight excluding hydrogens is 225 g/mol. The van der Waals surface area contributed by atoms with Crippen molar-refractivity contribution < 1.29 is 18.7 Å². The first-order valence-corrected chi connectivity index (χ1v) is 5.02. The first-order chi connectivity index (χ1) is 7.93. The van der Waals surface area contributed by atoms with Crippen LogP contribution in [-0.2, 0) is 14.3 Å². The van der Waals surface area contributed by atoms with Gasteiger partial charge in [-0.25, -0.2) is 4.39 Å². The number of hydrogen-bond donors (Lipinski definition) is 0.